The van der Waals surface area contributed by atoms with Crippen LogP contribution in [0.1, 0.15) is 0 Å². The van der Waals surface area contributed by atoms with Crippen molar-refractivity contribution >= 4 is 11.5 Å². The van der Waals surface area contributed by atoms with Gasteiger partial charge in [-0.15, -0.1) is 0 Å². The van der Waals surface area contributed by atoms with E-state index in [0.717, 1.165) is 43.9 Å². The van der Waals surface area contributed by atoms with Gasteiger partial charge < -0.3 is 0 Å². The minimum Gasteiger partial charge on any atom is -0.228 e. The molecule has 0 N–H and O–H groups in total. The summed E-state index contributed by atoms with van der Waals surface area (Å²) in [7, 11) is 0. The first kappa shape index (κ1) is 10.0. The van der Waals surface area contributed by atoms with E-state index in [9.17, 15) is 0 Å². The first-order valence-corrected chi connectivity index (χ1v) is 6.57. The second kappa shape index (κ2) is 3.39. The van der Waals surface area contributed by atoms with E-state index in [0.29, 0.717) is 0 Å². The number of rotatable bonds is 0. The predicted molar refractivity (Wildman–Crippen MR) is 75.4 cm³/mol. The standard InChI is InChI=1S/C17H9N3/c1-3-7-14-10(5-1)12-9-13-11-6-2-4-8-15(11)19-17(13)20-16(12)18-14/h1-9H. The highest BCUT2D eigenvalue weighted by molar-refractivity contribution is 5.79. The van der Waals surface area contributed by atoms with Crippen LogP contribution < -0.4 is 10.8 Å². The molecule has 0 aliphatic carbocycles. The molecule has 0 amide bonds. The molecule has 3 aromatic rings. The lowest BCUT2D eigenvalue weighted by atomic mass is 10.1. The highest BCUT2D eigenvalue weighted by atomic mass is 15.0. The summed E-state index contributed by atoms with van der Waals surface area (Å²) in [5.41, 5.74) is 4.03. The van der Waals surface area contributed by atoms with Gasteiger partial charge in [0.25, 0.3) is 0 Å². The number of fused-ring (bicyclic) bond motifs is 5. The monoisotopic (exact) mass is 255 g/mol. The van der Waals surface area contributed by atoms with Gasteiger partial charge in [-0.3, -0.25) is 0 Å². The predicted octanol–water partition coefficient (Wildman–Crippen LogP) is 2.56. The number of benzene rings is 2. The molecule has 1 aromatic heterocycles. The van der Waals surface area contributed by atoms with Crippen LogP contribution in [0.25, 0.3) is 11.1 Å². The molecule has 92 valence electrons. The maximum atomic E-state index is 4.63. The third-order valence-corrected chi connectivity index (χ3v) is 3.82. The van der Waals surface area contributed by atoms with Crippen LogP contribution in [0.3, 0.4) is 0 Å². The van der Waals surface area contributed by atoms with Crippen molar-refractivity contribution < 1.29 is 0 Å². The smallest absolute Gasteiger partial charge is 0.162 e. The Morgan fingerprint density at radius 3 is 2.55 bits per heavy atom. The van der Waals surface area contributed by atoms with Crippen molar-refractivity contribution in [2.75, 3.05) is 0 Å². The Morgan fingerprint density at radius 2 is 1.55 bits per heavy atom. The normalized spacial score (nSPS) is 12.8. The molecule has 2 aliphatic heterocycles. The quantitative estimate of drug-likeness (QED) is 0.419. The van der Waals surface area contributed by atoms with Crippen LogP contribution >= 0.6 is 0 Å². The fourth-order valence-electron chi connectivity index (χ4n) is 2.89. The van der Waals surface area contributed by atoms with E-state index in [-0.39, 0.29) is 0 Å². The first-order valence-electron chi connectivity index (χ1n) is 6.57. The summed E-state index contributed by atoms with van der Waals surface area (Å²) in [6.07, 6.45) is 0. The Kier molecular flexibility index (Phi) is 1.70. The molecular weight excluding hydrogens is 246 g/mol. The third-order valence-electron chi connectivity index (χ3n) is 3.82. The van der Waals surface area contributed by atoms with Crippen LogP contribution in [0.2, 0.25) is 0 Å². The highest BCUT2D eigenvalue weighted by Gasteiger charge is 2.16. The van der Waals surface area contributed by atoms with Crippen molar-refractivity contribution in [1.82, 2.24) is 4.98 Å². The van der Waals surface area contributed by atoms with Crippen molar-refractivity contribution in [2.24, 2.45) is 9.98 Å². The van der Waals surface area contributed by atoms with E-state index in [1.807, 2.05) is 36.4 Å². The zero-order valence-corrected chi connectivity index (χ0v) is 10.5. The van der Waals surface area contributed by atoms with Crippen LogP contribution in [-0.4, -0.2) is 4.98 Å². The minimum atomic E-state index is 0.779. The number of nitrogens with zero attached hydrogens (tertiary/aromatic N) is 3. The van der Waals surface area contributed by atoms with Crippen LogP contribution in [0.5, 0.6) is 0 Å². The molecule has 20 heavy (non-hydrogen) atoms. The van der Waals surface area contributed by atoms with Crippen molar-refractivity contribution in [3.63, 3.8) is 0 Å². The number of aromatic nitrogens is 1. The van der Waals surface area contributed by atoms with Crippen molar-refractivity contribution in [3.8, 4) is 11.1 Å². The lowest BCUT2D eigenvalue weighted by Crippen LogP contribution is -2.06. The molecule has 3 nitrogen and oxygen atoms in total. The number of pyridine rings is 1. The molecule has 0 saturated carbocycles. The molecule has 3 heteroatoms. The second-order valence-electron chi connectivity index (χ2n) is 4.99. The van der Waals surface area contributed by atoms with E-state index in [1.54, 1.807) is 0 Å². The van der Waals surface area contributed by atoms with Crippen molar-refractivity contribution in [2.45, 2.75) is 0 Å². The molecule has 0 unspecified atom stereocenters. The summed E-state index contributed by atoms with van der Waals surface area (Å²) in [6.45, 7) is 0. The zero-order valence-electron chi connectivity index (χ0n) is 10.5. The molecule has 0 spiro atoms. The first-order chi connectivity index (χ1) is 9.90. The van der Waals surface area contributed by atoms with Gasteiger partial charge in [-0.25, -0.2) is 15.0 Å². The zero-order chi connectivity index (χ0) is 13.1. The third kappa shape index (κ3) is 1.17. The van der Waals surface area contributed by atoms with Gasteiger partial charge in [0, 0.05) is 21.6 Å². The van der Waals surface area contributed by atoms with Crippen molar-refractivity contribution in [1.29, 1.82) is 0 Å². The molecule has 0 radical (unpaired) electrons. The minimum absolute atomic E-state index is 0.779. The summed E-state index contributed by atoms with van der Waals surface area (Å²) in [5, 5.41) is 3.25. The summed E-state index contributed by atoms with van der Waals surface area (Å²) >= 11 is 0. The molecule has 3 heterocycles. The van der Waals surface area contributed by atoms with Crippen LogP contribution in [-0.2, 0) is 0 Å². The highest BCUT2D eigenvalue weighted by Crippen LogP contribution is 2.32. The van der Waals surface area contributed by atoms with E-state index < -0.39 is 0 Å². The second-order valence-corrected chi connectivity index (χ2v) is 4.99. The largest absolute Gasteiger partial charge is 0.228 e. The Morgan fingerprint density at radius 1 is 0.700 bits per heavy atom. The SMILES string of the molecule is c1ccc2c(c1)N=c1nc3c(cc1-2)=c1ccccc1=N3. The Bertz CT molecular complexity index is 1100. The average molecular weight is 255 g/mol. The molecule has 0 bridgehead atoms. The summed E-state index contributed by atoms with van der Waals surface area (Å²) in [6, 6.07) is 18.5. The van der Waals surface area contributed by atoms with E-state index >= 15 is 0 Å². The van der Waals surface area contributed by atoms with Crippen LogP contribution in [0, 0.1) is 10.4 Å². The maximum absolute atomic E-state index is 4.63. The average Bonchev–Trinajstić information content (AvgIpc) is 3.02. The van der Waals surface area contributed by atoms with Gasteiger partial charge >= 0.3 is 0 Å². The molecule has 5 rings (SSSR count). The van der Waals surface area contributed by atoms with Crippen LogP contribution in [0.4, 0.5) is 11.5 Å². The van der Waals surface area contributed by atoms with E-state index in [1.165, 1.54) is 0 Å². The fourth-order valence-corrected chi connectivity index (χ4v) is 2.89. The molecule has 2 aromatic carbocycles. The lowest BCUT2D eigenvalue weighted by molar-refractivity contribution is 1.15. The van der Waals surface area contributed by atoms with Gasteiger partial charge in [-0.2, -0.15) is 0 Å². The maximum Gasteiger partial charge on any atom is 0.162 e. The van der Waals surface area contributed by atoms with Crippen LogP contribution in [0.15, 0.2) is 64.6 Å². The number of hydrogen-bond donors (Lipinski definition) is 0. The van der Waals surface area contributed by atoms with Crippen molar-refractivity contribution in [3.05, 3.63) is 75.9 Å². The lowest BCUT2D eigenvalue weighted by Gasteiger charge is -1.98. The van der Waals surface area contributed by atoms with Gasteiger partial charge in [0.15, 0.2) is 11.3 Å². The Balaban J connectivity index is 1.98. The number of hydrogen-bond acceptors (Lipinski definition) is 3. The molecule has 0 fully saturated rings. The van der Waals surface area contributed by atoms with Gasteiger partial charge in [0.1, 0.15) is 0 Å². The summed E-state index contributed by atoms with van der Waals surface area (Å²) < 4.78 is 0. The molecule has 0 atom stereocenters. The van der Waals surface area contributed by atoms with E-state index in [2.05, 4.69) is 33.2 Å². The fraction of sp³-hybridized carbons (Fsp3) is 0. The molecule has 0 saturated heterocycles. The number of para-hydroxylation sites is 2. The van der Waals surface area contributed by atoms with Gasteiger partial charge in [0.2, 0.25) is 0 Å². The van der Waals surface area contributed by atoms with Gasteiger partial charge in [0.05, 0.1) is 11.0 Å². The topological polar surface area (TPSA) is 37.6 Å². The van der Waals surface area contributed by atoms with Gasteiger partial charge in [-0.1, -0.05) is 36.4 Å². The molecular formula is C17H9N3. The molecule has 2 aliphatic rings. The van der Waals surface area contributed by atoms with Gasteiger partial charge in [-0.05, 0) is 18.2 Å². The Hall–Kier alpha value is -2.81. The Labute approximate surface area is 114 Å². The summed E-state index contributed by atoms with van der Waals surface area (Å²) in [4.78, 5) is 13.8. The van der Waals surface area contributed by atoms with E-state index in [4.69, 9.17) is 0 Å². The summed E-state index contributed by atoms with van der Waals surface area (Å²) in [5.74, 6) is 0.779.